The number of nitrogens with one attached hydrogen (secondary N) is 2. The Labute approximate surface area is 88.8 Å². The van der Waals surface area contributed by atoms with Crippen molar-refractivity contribution in [1.82, 2.24) is 10.6 Å². The van der Waals surface area contributed by atoms with Crippen LogP contribution in [0.15, 0.2) is 0 Å². The lowest BCUT2D eigenvalue weighted by molar-refractivity contribution is 0.352. The molecule has 0 bridgehead atoms. The fourth-order valence-electron chi connectivity index (χ4n) is 2.09. The molecule has 0 saturated carbocycles. The first-order chi connectivity index (χ1) is 6.59. The highest BCUT2D eigenvalue weighted by Crippen LogP contribution is 2.12. The van der Waals surface area contributed by atoms with Gasteiger partial charge in [0.15, 0.2) is 0 Å². The number of hydrogen-bond donors (Lipinski definition) is 2. The van der Waals surface area contributed by atoms with Crippen LogP contribution in [0.25, 0.3) is 0 Å². The SMILES string of the molecule is CC(CC1CCCN1)NC(C)C(C)C. The quantitative estimate of drug-likeness (QED) is 0.707. The molecule has 14 heavy (non-hydrogen) atoms. The number of hydrogen-bond acceptors (Lipinski definition) is 2. The molecule has 0 aromatic carbocycles. The second kappa shape index (κ2) is 5.72. The van der Waals surface area contributed by atoms with Crippen LogP contribution in [0.5, 0.6) is 0 Å². The van der Waals surface area contributed by atoms with Gasteiger partial charge in [0, 0.05) is 18.1 Å². The standard InChI is InChI=1S/C12H26N2/c1-9(2)11(4)14-10(3)8-12-6-5-7-13-12/h9-14H,5-8H2,1-4H3. The summed E-state index contributed by atoms with van der Waals surface area (Å²) in [5, 5.41) is 7.22. The minimum Gasteiger partial charge on any atom is -0.314 e. The van der Waals surface area contributed by atoms with Crippen molar-refractivity contribution in [1.29, 1.82) is 0 Å². The van der Waals surface area contributed by atoms with Crippen molar-refractivity contribution in [2.75, 3.05) is 6.54 Å². The van der Waals surface area contributed by atoms with Gasteiger partial charge in [-0.3, -0.25) is 0 Å². The molecule has 1 fully saturated rings. The molecule has 0 spiro atoms. The second-order valence-electron chi connectivity index (χ2n) is 5.13. The van der Waals surface area contributed by atoms with Gasteiger partial charge in [-0.05, 0) is 45.6 Å². The summed E-state index contributed by atoms with van der Waals surface area (Å²) >= 11 is 0. The first kappa shape index (κ1) is 12.0. The maximum absolute atomic E-state index is 3.67. The summed E-state index contributed by atoms with van der Waals surface area (Å²) in [7, 11) is 0. The Morgan fingerprint density at radius 2 is 2.00 bits per heavy atom. The molecule has 0 radical (unpaired) electrons. The summed E-state index contributed by atoms with van der Waals surface area (Å²) in [6, 6.07) is 2.03. The minimum atomic E-state index is 0.631. The highest BCUT2D eigenvalue weighted by Gasteiger charge is 2.18. The van der Waals surface area contributed by atoms with Crippen molar-refractivity contribution in [2.45, 2.75) is 65.1 Å². The van der Waals surface area contributed by atoms with Gasteiger partial charge in [0.1, 0.15) is 0 Å². The molecule has 1 aliphatic rings. The van der Waals surface area contributed by atoms with Crippen molar-refractivity contribution in [3.05, 3.63) is 0 Å². The molecule has 84 valence electrons. The molecule has 1 aliphatic heterocycles. The molecule has 1 rings (SSSR count). The predicted octanol–water partition coefficient (Wildman–Crippen LogP) is 2.15. The Morgan fingerprint density at radius 1 is 1.29 bits per heavy atom. The van der Waals surface area contributed by atoms with Crippen LogP contribution in [0.3, 0.4) is 0 Å². The predicted molar refractivity (Wildman–Crippen MR) is 62.5 cm³/mol. The van der Waals surface area contributed by atoms with Gasteiger partial charge in [0.25, 0.3) is 0 Å². The Hall–Kier alpha value is -0.0800. The zero-order chi connectivity index (χ0) is 10.6. The lowest BCUT2D eigenvalue weighted by Crippen LogP contribution is -2.41. The third kappa shape index (κ3) is 3.97. The lowest BCUT2D eigenvalue weighted by atomic mass is 10.0. The zero-order valence-corrected chi connectivity index (χ0v) is 10.1. The fraction of sp³-hybridized carbons (Fsp3) is 1.00. The van der Waals surface area contributed by atoms with Crippen molar-refractivity contribution in [2.24, 2.45) is 5.92 Å². The smallest absolute Gasteiger partial charge is 0.00822 e. The van der Waals surface area contributed by atoms with Gasteiger partial charge in [-0.2, -0.15) is 0 Å². The van der Waals surface area contributed by atoms with E-state index in [4.69, 9.17) is 0 Å². The van der Waals surface area contributed by atoms with Crippen LogP contribution < -0.4 is 10.6 Å². The van der Waals surface area contributed by atoms with Crippen molar-refractivity contribution in [3.63, 3.8) is 0 Å². The van der Waals surface area contributed by atoms with Crippen LogP contribution in [0.1, 0.15) is 47.0 Å². The summed E-state index contributed by atoms with van der Waals surface area (Å²) < 4.78 is 0. The van der Waals surface area contributed by atoms with Crippen LogP contribution in [0, 0.1) is 5.92 Å². The van der Waals surface area contributed by atoms with E-state index in [0.29, 0.717) is 12.1 Å². The molecular formula is C12H26N2. The Morgan fingerprint density at radius 3 is 2.50 bits per heavy atom. The van der Waals surface area contributed by atoms with E-state index in [2.05, 4.69) is 38.3 Å². The molecule has 0 aliphatic carbocycles. The molecular weight excluding hydrogens is 172 g/mol. The molecule has 2 N–H and O–H groups in total. The molecule has 1 saturated heterocycles. The van der Waals surface area contributed by atoms with Crippen molar-refractivity contribution < 1.29 is 0 Å². The van der Waals surface area contributed by atoms with Gasteiger partial charge >= 0.3 is 0 Å². The van der Waals surface area contributed by atoms with Gasteiger partial charge in [-0.1, -0.05) is 13.8 Å². The van der Waals surface area contributed by atoms with Gasteiger partial charge in [0.05, 0.1) is 0 Å². The van der Waals surface area contributed by atoms with E-state index >= 15 is 0 Å². The van der Waals surface area contributed by atoms with E-state index in [1.54, 1.807) is 0 Å². The average molecular weight is 198 g/mol. The molecule has 1 heterocycles. The maximum atomic E-state index is 3.67. The number of rotatable bonds is 5. The third-order valence-corrected chi connectivity index (χ3v) is 3.35. The van der Waals surface area contributed by atoms with E-state index in [0.717, 1.165) is 12.0 Å². The molecule has 0 amide bonds. The Kier molecular flexibility index (Phi) is 4.90. The Balaban J connectivity index is 2.17. The summed E-state index contributed by atoms with van der Waals surface area (Å²) in [5.41, 5.74) is 0. The van der Waals surface area contributed by atoms with E-state index in [9.17, 15) is 0 Å². The van der Waals surface area contributed by atoms with Crippen molar-refractivity contribution in [3.8, 4) is 0 Å². The van der Waals surface area contributed by atoms with Crippen LogP contribution >= 0.6 is 0 Å². The molecule has 3 atom stereocenters. The Bertz CT molecular complexity index is 146. The van der Waals surface area contributed by atoms with Gasteiger partial charge in [-0.25, -0.2) is 0 Å². The summed E-state index contributed by atoms with van der Waals surface area (Å²) in [4.78, 5) is 0. The topological polar surface area (TPSA) is 24.1 Å². The highest BCUT2D eigenvalue weighted by atomic mass is 15.0. The lowest BCUT2D eigenvalue weighted by Gasteiger charge is -2.24. The van der Waals surface area contributed by atoms with Crippen LogP contribution in [-0.2, 0) is 0 Å². The third-order valence-electron chi connectivity index (χ3n) is 3.35. The first-order valence-corrected chi connectivity index (χ1v) is 6.09. The summed E-state index contributed by atoms with van der Waals surface area (Å²) in [6.45, 7) is 10.4. The summed E-state index contributed by atoms with van der Waals surface area (Å²) in [5.74, 6) is 0.731. The van der Waals surface area contributed by atoms with Crippen LogP contribution in [-0.4, -0.2) is 24.7 Å². The van der Waals surface area contributed by atoms with E-state index in [-0.39, 0.29) is 0 Å². The zero-order valence-electron chi connectivity index (χ0n) is 10.1. The van der Waals surface area contributed by atoms with Crippen LogP contribution in [0.4, 0.5) is 0 Å². The van der Waals surface area contributed by atoms with Gasteiger partial charge < -0.3 is 10.6 Å². The van der Waals surface area contributed by atoms with Gasteiger partial charge in [0.2, 0.25) is 0 Å². The molecule has 2 nitrogen and oxygen atoms in total. The van der Waals surface area contributed by atoms with E-state index in [1.807, 2.05) is 0 Å². The molecule has 3 unspecified atom stereocenters. The largest absolute Gasteiger partial charge is 0.314 e. The fourth-order valence-corrected chi connectivity index (χ4v) is 2.09. The highest BCUT2D eigenvalue weighted by molar-refractivity contribution is 4.80. The maximum Gasteiger partial charge on any atom is 0.00822 e. The monoisotopic (exact) mass is 198 g/mol. The minimum absolute atomic E-state index is 0.631. The molecule has 2 heteroatoms. The van der Waals surface area contributed by atoms with Gasteiger partial charge in [-0.15, -0.1) is 0 Å². The molecule has 0 aromatic rings. The second-order valence-corrected chi connectivity index (χ2v) is 5.13. The molecule has 0 aromatic heterocycles. The van der Waals surface area contributed by atoms with E-state index < -0.39 is 0 Å². The first-order valence-electron chi connectivity index (χ1n) is 6.09. The van der Waals surface area contributed by atoms with Crippen molar-refractivity contribution >= 4 is 0 Å². The van der Waals surface area contributed by atoms with Crippen LogP contribution in [0.2, 0.25) is 0 Å². The summed E-state index contributed by atoms with van der Waals surface area (Å²) in [6.07, 6.45) is 4.00. The van der Waals surface area contributed by atoms with E-state index in [1.165, 1.54) is 25.8 Å². The normalized spacial score (nSPS) is 26.8. The average Bonchev–Trinajstić information content (AvgIpc) is 2.56.